The van der Waals surface area contributed by atoms with E-state index in [-0.39, 0.29) is 5.95 Å². The Morgan fingerprint density at radius 2 is 2.24 bits per heavy atom. The fourth-order valence-electron chi connectivity index (χ4n) is 2.04. The fourth-order valence-corrected chi connectivity index (χ4v) is 2.04. The van der Waals surface area contributed by atoms with E-state index < -0.39 is 6.03 Å². The number of nitrogens with two attached hydrogens (primary N) is 1. The number of nitrogens with one attached hydrogen (secondary N) is 1. The summed E-state index contributed by atoms with van der Waals surface area (Å²) >= 11 is 0. The number of nitrogens with zero attached hydrogens (tertiary/aromatic N) is 3. The molecule has 2 heterocycles. The van der Waals surface area contributed by atoms with Gasteiger partial charge in [-0.3, -0.25) is 5.32 Å². The summed E-state index contributed by atoms with van der Waals surface area (Å²) in [5.41, 5.74) is 7.34. The summed E-state index contributed by atoms with van der Waals surface area (Å²) in [6.45, 7) is 0.764. The number of amides is 2. The van der Waals surface area contributed by atoms with Gasteiger partial charge in [-0.25, -0.2) is 9.48 Å². The maximum Gasteiger partial charge on any atom is 0.319 e. The number of fused-ring (bicyclic) bond motifs is 3. The van der Waals surface area contributed by atoms with Crippen molar-refractivity contribution in [2.24, 2.45) is 5.73 Å². The lowest BCUT2D eigenvalue weighted by molar-refractivity contribution is 0.259. The van der Waals surface area contributed by atoms with E-state index in [1.807, 2.05) is 18.2 Å². The first-order valence-corrected chi connectivity index (χ1v) is 5.33. The number of hydrogen-bond donors (Lipinski definition) is 2. The zero-order chi connectivity index (χ0) is 11.8. The van der Waals surface area contributed by atoms with Gasteiger partial charge in [-0.2, -0.15) is 4.98 Å². The van der Waals surface area contributed by atoms with Crippen LogP contribution in [-0.2, 0) is 13.0 Å². The van der Waals surface area contributed by atoms with Crippen LogP contribution in [0.1, 0.15) is 5.56 Å². The van der Waals surface area contributed by atoms with Gasteiger partial charge in [0.2, 0.25) is 0 Å². The zero-order valence-corrected chi connectivity index (χ0v) is 9.05. The lowest BCUT2D eigenvalue weighted by Crippen LogP contribution is -2.20. The number of aromatic nitrogens is 3. The largest absolute Gasteiger partial charge is 0.351 e. The number of benzene rings is 1. The van der Waals surface area contributed by atoms with E-state index in [0.717, 1.165) is 24.4 Å². The molecule has 1 aliphatic rings. The third-order valence-electron chi connectivity index (χ3n) is 2.76. The van der Waals surface area contributed by atoms with Crippen LogP contribution in [0.4, 0.5) is 10.7 Å². The third kappa shape index (κ3) is 1.63. The van der Waals surface area contributed by atoms with Crippen molar-refractivity contribution in [3.8, 4) is 11.4 Å². The van der Waals surface area contributed by atoms with Crippen LogP contribution in [0.15, 0.2) is 24.3 Å². The number of rotatable bonds is 1. The molecule has 0 spiro atoms. The first-order chi connectivity index (χ1) is 8.24. The summed E-state index contributed by atoms with van der Waals surface area (Å²) < 4.78 is 1.79. The van der Waals surface area contributed by atoms with Gasteiger partial charge in [-0.05, 0) is 12.0 Å². The standard InChI is InChI=1S/C11H11N5O/c12-10(17)14-11-13-9-8-4-2-1-3-7(8)5-6-16(9)15-11/h1-4H,5-6H2,(H3,12,14,15,17). The molecule has 0 bridgehead atoms. The van der Waals surface area contributed by atoms with Crippen LogP contribution in [0.3, 0.4) is 0 Å². The van der Waals surface area contributed by atoms with Crippen molar-refractivity contribution in [3.05, 3.63) is 29.8 Å². The van der Waals surface area contributed by atoms with Gasteiger partial charge in [-0.15, -0.1) is 5.10 Å². The van der Waals surface area contributed by atoms with E-state index in [9.17, 15) is 4.79 Å². The van der Waals surface area contributed by atoms with Gasteiger partial charge < -0.3 is 5.73 Å². The van der Waals surface area contributed by atoms with Crippen molar-refractivity contribution in [2.75, 3.05) is 5.32 Å². The second-order valence-electron chi connectivity index (χ2n) is 3.88. The zero-order valence-electron chi connectivity index (χ0n) is 9.05. The monoisotopic (exact) mass is 229 g/mol. The molecule has 3 N–H and O–H groups in total. The predicted octanol–water partition coefficient (Wildman–Crippen LogP) is 0.992. The number of carbonyl (C=O) groups excluding carboxylic acids is 1. The molecule has 0 saturated heterocycles. The first kappa shape index (κ1) is 9.83. The topological polar surface area (TPSA) is 85.8 Å². The van der Waals surface area contributed by atoms with Gasteiger partial charge in [-0.1, -0.05) is 24.3 Å². The van der Waals surface area contributed by atoms with E-state index in [0.29, 0.717) is 0 Å². The van der Waals surface area contributed by atoms with Gasteiger partial charge in [0.1, 0.15) is 0 Å². The Bertz CT molecular complexity index is 589. The minimum absolute atomic E-state index is 0.254. The summed E-state index contributed by atoms with van der Waals surface area (Å²) in [7, 11) is 0. The van der Waals surface area contributed by atoms with Crippen molar-refractivity contribution in [1.29, 1.82) is 0 Å². The second-order valence-corrected chi connectivity index (χ2v) is 3.88. The number of aryl methyl sites for hydroxylation is 2. The summed E-state index contributed by atoms with van der Waals surface area (Å²) in [5, 5.41) is 6.57. The lowest BCUT2D eigenvalue weighted by atomic mass is 10.0. The number of anilines is 1. The van der Waals surface area contributed by atoms with Crippen molar-refractivity contribution in [2.45, 2.75) is 13.0 Å². The van der Waals surface area contributed by atoms with Crippen LogP contribution in [0, 0.1) is 0 Å². The molecule has 0 radical (unpaired) electrons. The molecule has 17 heavy (non-hydrogen) atoms. The molecule has 2 aromatic rings. The highest BCUT2D eigenvalue weighted by Crippen LogP contribution is 2.27. The normalized spacial score (nSPS) is 12.7. The van der Waals surface area contributed by atoms with Crippen molar-refractivity contribution < 1.29 is 4.79 Å². The van der Waals surface area contributed by atoms with Crippen LogP contribution in [-0.4, -0.2) is 20.8 Å². The van der Waals surface area contributed by atoms with Crippen LogP contribution in [0.5, 0.6) is 0 Å². The molecule has 86 valence electrons. The molecule has 6 heteroatoms. The molecule has 6 nitrogen and oxygen atoms in total. The average molecular weight is 229 g/mol. The maximum atomic E-state index is 10.7. The van der Waals surface area contributed by atoms with Gasteiger partial charge in [0.05, 0.1) is 0 Å². The molecule has 1 aliphatic heterocycles. The van der Waals surface area contributed by atoms with E-state index >= 15 is 0 Å². The molecule has 1 aromatic carbocycles. The Hall–Kier alpha value is -2.37. The minimum Gasteiger partial charge on any atom is -0.351 e. The minimum atomic E-state index is -0.652. The van der Waals surface area contributed by atoms with Crippen molar-refractivity contribution in [1.82, 2.24) is 14.8 Å². The molecular formula is C11H11N5O. The number of primary amides is 1. The molecule has 2 amide bonds. The molecule has 0 atom stereocenters. The van der Waals surface area contributed by atoms with Gasteiger partial charge >= 0.3 is 6.03 Å². The quantitative estimate of drug-likeness (QED) is 0.764. The van der Waals surface area contributed by atoms with Crippen LogP contribution < -0.4 is 11.1 Å². The van der Waals surface area contributed by atoms with Crippen LogP contribution in [0.25, 0.3) is 11.4 Å². The molecular weight excluding hydrogens is 218 g/mol. The Labute approximate surface area is 97.5 Å². The molecule has 3 rings (SSSR count). The van der Waals surface area contributed by atoms with E-state index in [2.05, 4.69) is 21.5 Å². The highest BCUT2D eigenvalue weighted by atomic mass is 16.2. The van der Waals surface area contributed by atoms with Gasteiger partial charge in [0, 0.05) is 12.1 Å². The Kier molecular flexibility index (Phi) is 2.07. The Morgan fingerprint density at radius 1 is 1.41 bits per heavy atom. The Morgan fingerprint density at radius 3 is 3.06 bits per heavy atom. The maximum absolute atomic E-state index is 10.7. The first-order valence-electron chi connectivity index (χ1n) is 5.33. The summed E-state index contributed by atoms with van der Waals surface area (Å²) in [5.74, 6) is 1.03. The second kappa shape index (κ2) is 3.58. The fraction of sp³-hybridized carbons (Fsp3) is 0.182. The molecule has 1 aromatic heterocycles. The number of hydrogen-bond acceptors (Lipinski definition) is 3. The third-order valence-corrected chi connectivity index (χ3v) is 2.76. The number of urea groups is 1. The van der Waals surface area contributed by atoms with Crippen molar-refractivity contribution >= 4 is 12.0 Å². The SMILES string of the molecule is NC(=O)Nc1nc2n(n1)CCc1ccccc1-2. The summed E-state index contributed by atoms with van der Waals surface area (Å²) in [6, 6.07) is 7.40. The molecule has 0 aliphatic carbocycles. The molecule has 0 fully saturated rings. The van der Waals surface area contributed by atoms with E-state index in [1.54, 1.807) is 4.68 Å². The Balaban J connectivity index is 2.07. The van der Waals surface area contributed by atoms with Crippen LogP contribution in [0.2, 0.25) is 0 Å². The van der Waals surface area contributed by atoms with Crippen molar-refractivity contribution in [3.63, 3.8) is 0 Å². The average Bonchev–Trinajstić information content (AvgIpc) is 2.70. The summed E-state index contributed by atoms with van der Waals surface area (Å²) in [4.78, 5) is 15.0. The van der Waals surface area contributed by atoms with E-state index in [1.165, 1.54) is 5.56 Å². The predicted molar refractivity (Wildman–Crippen MR) is 62.4 cm³/mol. The lowest BCUT2D eigenvalue weighted by Gasteiger charge is -2.15. The molecule has 0 unspecified atom stereocenters. The smallest absolute Gasteiger partial charge is 0.319 e. The summed E-state index contributed by atoms with van der Waals surface area (Å²) in [6.07, 6.45) is 0.919. The van der Waals surface area contributed by atoms with Crippen LogP contribution >= 0.6 is 0 Å². The number of carbonyl (C=O) groups is 1. The van der Waals surface area contributed by atoms with Gasteiger partial charge in [0.25, 0.3) is 5.95 Å². The highest BCUT2D eigenvalue weighted by Gasteiger charge is 2.19. The van der Waals surface area contributed by atoms with Gasteiger partial charge in [0.15, 0.2) is 5.82 Å². The molecule has 0 saturated carbocycles. The highest BCUT2D eigenvalue weighted by molar-refractivity contribution is 5.86. The van der Waals surface area contributed by atoms with E-state index in [4.69, 9.17) is 5.73 Å².